The van der Waals surface area contributed by atoms with Crippen LogP contribution in [0.4, 0.5) is 0 Å². The number of esters is 1. The molecule has 9 heteroatoms. The Morgan fingerprint density at radius 2 is 1.75 bits per heavy atom. The molecule has 0 aliphatic carbocycles. The van der Waals surface area contributed by atoms with Crippen molar-refractivity contribution in [3.05, 3.63) is 115 Å². The van der Waals surface area contributed by atoms with Crippen LogP contribution in [0.3, 0.4) is 0 Å². The van der Waals surface area contributed by atoms with Gasteiger partial charge in [-0.15, -0.1) is 0 Å². The number of hydrogen-bond acceptors (Lipinski definition) is 8. The average molecular weight is 557 g/mol. The second-order valence-corrected chi connectivity index (χ2v) is 9.80. The molecular formula is C31H28N2O6S. The maximum atomic E-state index is 14.1. The van der Waals surface area contributed by atoms with E-state index in [-0.39, 0.29) is 17.7 Å². The lowest BCUT2D eigenvalue weighted by Crippen LogP contribution is -2.40. The molecule has 0 bridgehead atoms. The maximum absolute atomic E-state index is 14.1. The van der Waals surface area contributed by atoms with Crippen molar-refractivity contribution < 1.29 is 23.7 Å². The number of carbonyl (C=O) groups excluding carboxylic acids is 1. The third-order valence-electron chi connectivity index (χ3n) is 6.50. The first-order valence-corrected chi connectivity index (χ1v) is 13.5. The molecule has 1 aliphatic heterocycles. The monoisotopic (exact) mass is 556 g/mol. The second kappa shape index (κ2) is 11.6. The Labute approximate surface area is 235 Å². The van der Waals surface area contributed by atoms with Gasteiger partial charge in [0, 0.05) is 11.1 Å². The van der Waals surface area contributed by atoms with Crippen LogP contribution in [0.1, 0.15) is 29.7 Å². The number of ether oxygens (including phenoxy) is 4. The van der Waals surface area contributed by atoms with Crippen LogP contribution in [0.25, 0.3) is 11.8 Å². The van der Waals surface area contributed by atoms with Gasteiger partial charge in [-0.05, 0) is 36.8 Å². The van der Waals surface area contributed by atoms with Crippen LogP contribution in [0.2, 0.25) is 0 Å². The van der Waals surface area contributed by atoms with Crippen molar-refractivity contribution in [2.24, 2.45) is 4.99 Å². The standard InChI is InChI=1S/C31H28N2O6S/c1-5-39-30(35)25-26(19-11-7-6-8-12-19)32-31-33(27(25)20-13-9-15-22(17-20)36-2)29(34)24(40-31)18-21-14-10-16-23(37-3)28(21)38-4/h6-18,27H,5H2,1-4H3/b24-18+/t27-/m0/s1. The Bertz CT molecular complexity index is 1770. The number of thiazole rings is 1. The molecule has 1 atom stereocenters. The van der Waals surface area contributed by atoms with E-state index >= 15 is 0 Å². The first kappa shape index (κ1) is 27.0. The molecule has 40 heavy (non-hydrogen) atoms. The summed E-state index contributed by atoms with van der Waals surface area (Å²) < 4.78 is 24.0. The number of aromatic nitrogens is 1. The Balaban J connectivity index is 1.84. The lowest BCUT2D eigenvalue weighted by molar-refractivity contribution is -0.138. The lowest BCUT2D eigenvalue weighted by atomic mass is 9.93. The van der Waals surface area contributed by atoms with E-state index < -0.39 is 12.0 Å². The van der Waals surface area contributed by atoms with E-state index in [4.69, 9.17) is 23.9 Å². The number of methoxy groups -OCH3 is 3. The lowest BCUT2D eigenvalue weighted by Gasteiger charge is -2.26. The molecule has 0 unspecified atom stereocenters. The largest absolute Gasteiger partial charge is 0.497 e. The first-order valence-electron chi connectivity index (χ1n) is 12.6. The second-order valence-electron chi connectivity index (χ2n) is 8.79. The van der Waals surface area contributed by atoms with Gasteiger partial charge in [0.15, 0.2) is 16.3 Å². The number of fused-ring (bicyclic) bond motifs is 1. The van der Waals surface area contributed by atoms with Crippen LogP contribution in [0, 0.1) is 0 Å². The van der Waals surface area contributed by atoms with Gasteiger partial charge in [0.05, 0.1) is 49.8 Å². The smallest absolute Gasteiger partial charge is 0.338 e. The summed E-state index contributed by atoms with van der Waals surface area (Å²) in [6.45, 7) is 1.92. The number of carbonyl (C=O) groups is 1. The van der Waals surface area contributed by atoms with E-state index in [0.717, 1.165) is 5.56 Å². The Morgan fingerprint density at radius 1 is 0.975 bits per heavy atom. The van der Waals surface area contributed by atoms with E-state index in [1.165, 1.54) is 11.3 Å². The highest BCUT2D eigenvalue weighted by molar-refractivity contribution is 7.07. The van der Waals surface area contributed by atoms with Gasteiger partial charge in [0.25, 0.3) is 5.56 Å². The van der Waals surface area contributed by atoms with Crippen LogP contribution in [-0.2, 0) is 9.53 Å². The van der Waals surface area contributed by atoms with Gasteiger partial charge < -0.3 is 18.9 Å². The van der Waals surface area contributed by atoms with Gasteiger partial charge in [0.1, 0.15) is 5.75 Å². The number of nitrogens with zero attached hydrogens (tertiary/aromatic N) is 2. The van der Waals surface area contributed by atoms with E-state index in [1.54, 1.807) is 45.0 Å². The van der Waals surface area contributed by atoms with Gasteiger partial charge in [-0.3, -0.25) is 9.36 Å². The van der Waals surface area contributed by atoms with Crippen LogP contribution in [0.5, 0.6) is 17.2 Å². The van der Waals surface area contributed by atoms with Crippen molar-refractivity contribution in [2.45, 2.75) is 13.0 Å². The SMILES string of the molecule is CCOC(=O)C1=C(c2ccccc2)N=c2s/c(=C/c3cccc(OC)c3OC)c(=O)n2[C@H]1c1cccc(OC)c1. The highest BCUT2D eigenvalue weighted by Crippen LogP contribution is 2.36. The van der Waals surface area contributed by atoms with E-state index in [9.17, 15) is 9.59 Å². The van der Waals surface area contributed by atoms with Crippen molar-refractivity contribution in [1.29, 1.82) is 0 Å². The van der Waals surface area contributed by atoms with Crippen LogP contribution >= 0.6 is 11.3 Å². The fourth-order valence-corrected chi connectivity index (χ4v) is 5.73. The number of hydrogen-bond donors (Lipinski definition) is 0. The average Bonchev–Trinajstić information content (AvgIpc) is 3.30. The molecule has 204 valence electrons. The minimum atomic E-state index is -0.796. The van der Waals surface area contributed by atoms with Gasteiger partial charge in [0.2, 0.25) is 0 Å². The molecule has 0 radical (unpaired) electrons. The quantitative estimate of drug-likeness (QED) is 0.306. The molecule has 0 saturated heterocycles. The summed E-state index contributed by atoms with van der Waals surface area (Å²) in [5, 5.41) is 0. The zero-order chi connectivity index (χ0) is 28.2. The normalized spacial score (nSPS) is 14.8. The maximum Gasteiger partial charge on any atom is 0.338 e. The molecule has 0 amide bonds. The van der Waals surface area contributed by atoms with Crippen molar-refractivity contribution in [2.75, 3.05) is 27.9 Å². The summed E-state index contributed by atoms with van der Waals surface area (Å²) in [4.78, 5) is 33.0. The van der Waals surface area contributed by atoms with Crippen LogP contribution < -0.4 is 29.1 Å². The van der Waals surface area contributed by atoms with Crippen molar-refractivity contribution in [3.8, 4) is 17.2 Å². The third-order valence-corrected chi connectivity index (χ3v) is 7.49. The van der Waals surface area contributed by atoms with Crippen LogP contribution in [-0.4, -0.2) is 38.5 Å². The highest BCUT2D eigenvalue weighted by Gasteiger charge is 2.35. The minimum Gasteiger partial charge on any atom is -0.497 e. The molecule has 2 heterocycles. The summed E-state index contributed by atoms with van der Waals surface area (Å²) in [7, 11) is 4.69. The van der Waals surface area contributed by atoms with Gasteiger partial charge in [-0.25, -0.2) is 9.79 Å². The topological polar surface area (TPSA) is 88.4 Å². The molecule has 0 saturated carbocycles. The predicted molar refractivity (Wildman–Crippen MR) is 154 cm³/mol. The first-order chi connectivity index (χ1) is 19.5. The molecule has 0 spiro atoms. The van der Waals surface area contributed by atoms with Crippen molar-refractivity contribution >= 4 is 29.1 Å². The number of para-hydroxylation sites is 1. The summed E-state index contributed by atoms with van der Waals surface area (Å²) in [6.07, 6.45) is 1.75. The predicted octanol–water partition coefficient (Wildman–Crippen LogP) is 3.96. The van der Waals surface area contributed by atoms with Gasteiger partial charge >= 0.3 is 5.97 Å². The number of rotatable bonds is 8. The Kier molecular flexibility index (Phi) is 7.84. The zero-order valence-electron chi connectivity index (χ0n) is 22.5. The van der Waals surface area contributed by atoms with Gasteiger partial charge in [-0.2, -0.15) is 0 Å². The molecule has 3 aromatic carbocycles. The highest BCUT2D eigenvalue weighted by atomic mass is 32.1. The molecule has 1 aromatic heterocycles. The molecule has 0 fully saturated rings. The third kappa shape index (κ3) is 4.91. The Hall–Kier alpha value is -4.63. The molecule has 1 aliphatic rings. The van der Waals surface area contributed by atoms with E-state index in [0.29, 0.717) is 43.4 Å². The Morgan fingerprint density at radius 3 is 2.45 bits per heavy atom. The molecule has 5 rings (SSSR count). The summed E-state index contributed by atoms with van der Waals surface area (Å²) >= 11 is 1.24. The zero-order valence-corrected chi connectivity index (χ0v) is 23.4. The van der Waals surface area contributed by atoms with Gasteiger partial charge in [-0.1, -0.05) is 65.9 Å². The van der Waals surface area contributed by atoms with E-state index in [1.807, 2.05) is 66.7 Å². The summed E-state index contributed by atoms with van der Waals surface area (Å²) in [5.41, 5.74) is 2.55. The number of benzene rings is 3. The molecular weight excluding hydrogens is 528 g/mol. The summed E-state index contributed by atoms with van der Waals surface area (Å²) in [6, 6.07) is 21.4. The van der Waals surface area contributed by atoms with Crippen LogP contribution in [0.15, 0.2) is 88.2 Å². The van der Waals surface area contributed by atoms with Crippen molar-refractivity contribution in [1.82, 2.24) is 4.57 Å². The molecule has 8 nitrogen and oxygen atoms in total. The molecule has 0 N–H and O–H groups in total. The minimum absolute atomic E-state index is 0.176. The molecule has 4 aromatic rings. The fraction of sp³-hybridized carbons (Fsp3) is 0.194. The summed E-state index contributed by atoms with van der Waals surface area (Å²) in [5.74, 6) is 1.12. The van der Waals surface area contributed by atoms with Crippen molar-refractivity contribution in [3.63, 3.8) is 0 Å². The fourth-order valence-electron chi connectivity index (χ4n) is 4.73. The van der Waals surface area contributed by atoms with E-state index in [2.05, 4.69) is 0 Å².